The van der Waals surface area contributed by atoms with Gasteiger partial charge in [0, 0.05) is 37.1 Å². The number of carbonyl (C=O) groups excluding carboxylic acids is 2. The highest BCUT2D eigenvalue weighted by Crippen LogP contribution is 2.37. The third-order valence-corrected chi connectivity index (χ3v) is 6.51. The fourth-order valence-corrected chi connectivity index (χ4v) is 4.93. The van der Waals surface area contributed by atoms with E-state index in [1.165, 1.54) is 6.42 Å². The van der Waals surface area contributed by atoms with E-state index in [0.29, 0.717) is 11.3 Å². The van der Waals surface area contributed by atoms with Gasteiger partial charge in [-0.3, -0.25) is 14.5 Å². The van der Waals surface area contributed by atoms with Gasteiger partial charge in [0.2, 0.25) is 0 Å². The Bertz CT molecular complexity index is 684. The molecule has 1 aromatic rings. The van der Waals surface area contributed by atoms with E-state index >= 15 is 0 Å². The lowest BCUT2D eigenvalue weighted by Gasteiger charge is -2.35. The largest absolute Gasteiger partial charge is 0.364 e. The highest BCUT2D eigenvalue weighted by molar-refractivity contribution is 7.11. The first-order chi connectivity index (χ1) is 12.2. The quantitative estimate of drug-likeness (QED) is 0.778. The second kappa shape index (κ2) is 6.92. The summed E-state index contributed by atoms with van der Waals surface area (Å²) < 4.78 is 0. The molecule has 1 saturated heterocycles. The van der Waals surface area contributed by atoms with Gasteiger partial charge in [-0.05, 0) is 31.3 Å². The van der Waals surface area contributed by atoms with Gasteiger partial charge in [0.1, 0.15) is 5.70 Å². The Balaban J connectivity index is 1.70. The van der Waals surface area contributed by atoms with Crippen LogP contribution in [-0.2, 0) is 9.59 Å². The number of piperazine rings is 1. The van der Waals surface area contributed by atoms with Gasteiger partial charge in [0.25, 0.3) is 11.8 Å². The number of amides is 2. The predicted octanol–water partition coefficient (Wildman–Crippen LogP) is 2.41. The average molecular weight is 359 g/mol. The Morgan fingerprint density at radius 2 is 1.72 bits per heavy atom. The van der Waals surface area contributed by atoms with Crippen LogP contribution in [0.1, 0.15) is 37.0 Å². The molecule has 0 radical (unpaired) electrons. The van der Waals surface area contributed by atoms with Gasteiger partial charge in [0.15, 0.2) is 0 Å². The van der Waals surface area contributed by atoms with Crippen LogP contribution in [0.4, 0.5) is 0 Å². The summed E-state index contributed by atoms with van der Waals surface area (Å²) in [5.41, 5.74) is 1.28. The van der Waals surface area contributed by atoms with Crippen LogP contribution in [0.3, 0.4) is 0 Å². The topological polar surface area (TPSA) is 43.9 Å². The molecule has 3 heterocycles. The molecule has 2 amide bonds. The highest BCUT2D eigenvalue weighted by Gasteiger charge is 2.45. The molecular weight excluding hydrogens is 334 g/mol. The maximum Gasteiger partial charge on any atom is 0.278 e. The molecule has 0 atom stereocenters. The molecule has 0 aromatic carbocycles. The van der Waals surface area contributed by atoms with Gasteiger partial charge in [-0.1, -0.05) is 25.3 Å². The van der Waals surface area contributed by atoms with E-state index in [1.807, 2.05) is 17.5 Å². The Morgan fingerprint density at radius 3 is 2.36 bits per heavy atom. The number of hydrogen-bond donors (Lipinski definition) is 0. The van der Waals surface area contributed by atoms with Crippen molar-refractivity contribution >= 4 is 28.7 Å². The molecule has 2 aliphatic heterocycles. The SMILES string of the molecule is CN1CCN(C2=C(c3cccs3)C(=O)N(C3CCCCC3)C2=O)CC1. The van der Waals surface area contributed by atoms with Crippen LogP contribution < -0.4 is 0 Å². The zero-order valence-corrected chi connectivity index (χ0v) is 15.6. The first-order valence-corrected chi connectivity index (χ1v) is 10.1. The Hall–Kier alpha value is -1.66. The Morgan fingerprint density at radius 1 is 1.00 bits per heavy atom. The second-order valence-corrected chi connectivity index (χ2v) is 8.21. The molecule has 134 valence electrons. The van der Waals surface area contributed by atoms with E-state index in [9.17, 15) is 9.59 Å². The van der Waals surface area contributed by atoms with Crippen LogP contribution in [0, 0.1) is 0 Å². The Labute approximate surface area is 152 Å². The van der Waals surface area contributed by atoms with Crippen LogP contribution in [0.5, 0.6) is 0 Å². The third-order valence-electron chi connectivity index (χ3n) is 5.62. The summed E-state index contributed by atoms with van der Waals surface area (Å²) in [5, 5.41) is 1.98. The van der Waals surface area contributed by atoms with E-state index in [-0.39, 0.29) is 17.9 Å². The number of carbonyl (C=O) groups is 2. The molecule has 0 unspecified atom stereocenters. The van der Waals surface area contributed by atoms with Gasteiger partial charge in [-0.25, -0.2) is 0 Å². The summed E-state index contributed by atoms with van der Waals surface area (Å²) in [6, 6.07) is 4.00. The minimum absolute atomic E-state index is 0.0650. The molecule has 1 saturated carbocycles. The van der Waals surface area contributed by atoms with Crippen LogP contribution in [0.15, 0.2) is 23.2 Å². The van der Waals surface area contributed by atoms with Crippen LogP contribution in [0.25, 0.3) is 5.57 Å². The van der Waals surface area contributed by atoms with Crippen molar-refractivity contribution in [1.29, 1.82) is 0 Å². The second-order valence-electron chi connectivity index (χ2n) is 7.26. The van der Waals surface area contributed by atoms with E-state index in [0.717, 1.165) is 56.7 Å². The zero-order valence-electron chi connectivity index (χ0n) is 14.7. The molecule has 0 spiro atoms. The minimum Gasteiger partial charge on any atom is -0.364 e. The molecule has 4 rings (SSSR count). The number of hydrogen-bond acceptors (Lipinski definition) is 5. The lowest BCUT2D eigenvalue weighted by atomic mass is 9.94. The maximum absolute atomic E-state index is 13.3. The molecule has 1 aliphatic carbocycles. The number of thiophene rings is 1. The van der Waals surface area contributed by atoms with E-state index < -0.39 is 0 Å². The van der Waals surface area contributed by atoms with Crippen molar-refractivity contribution in [3.63, 3.8) is 0 Å². The van der Waals surface area contributed by atoms with Crippen molar-refractivity contribution in [2.45, 2.75) is 38.1 Å². The monoisotopic (exact) mass is 359 g/mol. The number of rotatable bonds is 3. The summed E-state index contributed by atoms with van der Waals surface area (Å²) >= 11 is 1.55. The molecule has 3 aliphatic rings. The zero-order chi connectivity index (χ0) is 17.4. The summed E-state index contributed by atoms with van der Waals surface area (Å²) in [6.45, 7) is 3.45. The molecule has 1 aromatic heterocycles. The van der Waals surface area contributed by atoms with Crippen molar-refractivity contribution in [3.05, 3.63) is 28.1 Å². The van der Waals surface area contributed by atoms with Gasteiger partial charge in [0.05, 0.1) is 5.57 Å². The van der Waals surface area contributed by atoms with E-state index in [2.05, 4.69) is 16.8 Å². The van der Waals surface area contributed by atoms with Gasteiger partial charge in [-0.15, -0.1) is 11.3 Å². The first kappa shape index (κ1) is 16.8. The van der Waals surface area contributed by atoms with E-state index in [4.69, 9.17) is 0 Å². The fraction of sp³-hybridized carbons (Fsp3) is 0.579. The lowest BCUT2D eigenvalue weighted by Crippen LogP contribution is -2.47. The summed E-state index contributed by atoms with van der Waals surface area (Å²) in [4.78, 5) is 33.5. The summed E-state index contributed by atoms with van der Waals surface area (Å²) in [7, 11) is 2.10. The number of imide groups is 1. The number of likely N-dealkylation sites (N-methyl/N-ethyl adjacent to an activating group) is 1. The Kier molecular flexibility index (Phi) is 4.65. The van der Waals surface area contributed by atoms with E-state index in [1.54, 1.807) is 16.2 Å². The molecule has 6 heteroatoms. The van der Waals surface area contributed by atoms with Crippen molar-refractivity contribution in [1.82, 2.24) is 14.7 Å². The van der Waals surface area contributed by atoms with Crippen LogP contribution >= 0.6 is 11.3 Å². The molecule has 25 heavy (non-hydrogen) atoms. The first-order valence-electron chi connectivity index (χ1n) is 9.26. The van der Waals surface area contributed by atoms with Crippen molar-refractivity contribution in [3.8, 4) is 0 Å². The highest BCUT2D eigenvalue weighted by atomic mass is 32.1. The molecule has 0 N–H and O–H groups in total. The smallest absolute Gasteiger partial charge is 0.278 e. The van der Waals surface area contributed by atoms with Crippen molar-refractivity contribution < 1.29 is 9.59 Å². The van der Waals surface area contributed by atoms with Gasteiger partial charge < -0.3 is 9.80 Å². The van der Waals surface area contributed by atoms with Gasteiger partial charge >= 0.3 is 0 Å². The van der Waals surface area contributed by atoms with Crippen LogP contribution in [-0.4, -0.2) is 65.8 Å². The average Bonchev–Trinajstić information content (AvgIpc) is 3.23. The minimum atomic E-state index is -0.0757. The molecule has 2 fully saturated rings. The van der Waals surface area contributed by atoms with Crippen molar-refractivity contribution in [2.75, 3.05) is 33.2 Å². The summed E-state index contributed by atoms with van der Waals surface area (Å²) in [6.07, 6.45) is 5.33. The lowest BCUT2D eigenvalue weighted by molar-refractivity contribution is -0.141. The van der Waals surface area contributed by atoms with Crippen molar-refractivity contribution in [2.24, 2.45) is 0 Å². The maximum atomic E-state index is 13.3. The predicted molar refractivity (Wildman–Crippen MR) is 99.0 cm³/mol. The normalized spacial score (nSPS) is 23.9. The summed E-state index contributed by atoms with van der Waals surface area (Å²) in [5.74, 6) is -0.141. The van der Waals surface area contributed by atoms with Gasteiger partial charge in [-0.2, -0.15) is 0 Å². The number of nitrogens with zero attached hydrogens (tertiary/aromatic N) is 3. The molecular formula is C19H25N3O2S. The third kappa shape index (κ3) is 3.02. The molecule has 0 bridgehead atoms. The fourth-order valence-electron chi connectivity index (χ4n) is 4.17. The van der Waals surface area contributed by atoms with Crippen LogP contribution in [0.2, 0.25) is 0 Å². The molecule has 5 nitrogen and oxygen atoms in total. The standard InChI is InChI=1S/C19H25N3O2S/c1-20-9-11-21(12-10-20)17-16(15-8-5-13-25-15)18(23)22(19(17)24)14-6-3-2-4-7-14/h5,8,13-14H,2-4,6-7,9-12H2,1H3.